The molecule has 0 aliphatic heterocycles. The largest absolute Gasteiger partial charge is 0.0955 e. The van der Waals surface area contributed by atoms with E-state index in [1.54, 1.807) is 0 Å². The van der Waals surface area contributed by atoms with Gasteiger partial charge in [0.1, 0.15) is 0 Å². The van der Waals surface area contributed by atoms with E-state index in [-0.39, 0.29) is 0 Å². The van der Waals surface area contributed by atoms with Crippen molar-refractivity contribution in [1.29, 1.82) is 0 Å². The Morgan fingerprint density at radius 3 is 1.64 bits per heavy atom. The molecular formula is C44H34. The lowest BCUT2D eigenvalue weighted by molar-refractivity contribution is 1.30. The lowest BCUT2D eigenvalue weighted by Crippen LogP contribution is -1.92. The summed E-state index contributed by atoms with van der Waals surface area (Å²) in [5.74, 6) is 0. The van der Waals surface area contributed by atoms with E-state index in [0.29, 0.717) is 0 Å². The molecule has 7 aromatic rings. The molecule has 210 valence electrons. The molecule has 0 fully saturated rings. The van der Waals surface area contributed by atoms with Crippen molar-refractivity contribution in [2.45, 2.75) is 13.3 Å². The van der Waals surface area contributed by atoms with Crippen molar-refractivity contribution in [3.05, 3.63) is 176 Å². The second-order valence-corrected chi connectivity index (χ2v) is 11.5. The SMILES string of the molecule is C=C(/C=C\C)C/C=C\C(=C)c1ccc2c(-c3ccc4ccccc4c3)c3ccccc3c(-c3ccc4ccccc4c3)c2c1. The van der Waals surface area contributed by atoms with Crippen LogP contribution in [0.4, 0.5) is 0 Å². The van der Waals surface area contributed by atoms with E-state index in [0.717, 1.165) is 23.1 Å². The molecule has 0 aliphatic carbocycles. The molecule has 0 atom stereocenters. The molecule has 0 saturated heterocycles. The zero-order valence-electron chi connectivity index (χ0n) is 25.1. The summed E-state index contributed by atoms with van der Waals surface area (Å²) in [7, 11) is 0. The van der Waals surface area contributed by atoms with Crippen LogP contribution in [0.25, 0.3) is 70.9 Å². The van der Waals surface area contributed by atoms with Crippen LogP contribution in [0.3, 0.4) is 0 Å². The average Bonchev–Trinajstić information content (AvgIpc) is 3.06. The van der Waals surface area contributed by atoms with Crippen LogP contribution in [0.2, 0.25) is 0 Å². The van der Waals surface area contributed by atoms with Gasteiger partial charge < -0.3 is 0 Å². The zero-order valence-corrected chi connectivity index (χ0v) is 25.1. The van der Waals surface area contributed by atoms with E-state index >= 15 is 0 Å². The third kappa shape index (κ3) is 5.06. The molecule has 0 heteroatoms. The highest BCUT2D eigenvalue weighted by Gasteiger charge is 2.18. The molecule has 0 nitrogen and oxygen atoms in total. The highest BCUT2D eigenvalue weighted by atomic mass is 14.2. The Morgan fingerprint density at radius 1 is 0.523 bits per heavy atom. The maximum absolute atomic E-state index is 4.46. The topological polar surface area (TPSA) is 0 Å². The molecule has 7 aromatic carbocycles. The predicted molar refractivity (Wildman–Crippen MR) is 194 cm³/mol. The number of rotatable bonds is 7. The predicted octanol–water partition coefficient (Wildman–Crippen LogP) is 12.7. The van der Waals surface area contributed by atoms with Crippen molar-refractivity contribution in [3.8, 4) is 22.3 Å². The van der Waals surface area contributed by atoms with Gasteiger partial charge in [-0.05, 0) is 108 Å². The fourth-order valence-corrected chi connectivity index (χ4v) is 6.44. The van der Waals surface area contributed by atoms with E-state index in [9.17, 15) is 0 Å². The highest BCUT2D eigenvalue weighted by molar-refractivity contribution is 6.22. The zero-order chi connectivity index (χ0) is 30.0. The molecule has 0 aliphatic rings. The van der Waals surface area contributed by atoms with Crippen LogP contribution in [0.5, 0.6) is 0 Å². The summed E-state index contributed by atoms with van der Waals surface area (Å²) in [6.45, 7) is 10.6. The van der Waals surface area contributed by atoms with Crippen LogP contribution < -0.4 is 0 Å². The summed E-state index contributed by atoms with van der Waals surface area (Å²) in [5.41, 5.74) is 8.16. The van der Waals surface area contributed by atoms with E-state index in [4.69, 9.17) is 0 Å². The van der Waals surface area contributed by atoms with Crippen molar-refractivity contribution in [1.82, 2.24) is 0 Å². The Hall–Kier alpha value is -5.46. The summed E-state index contributed by atoms with van der Waals surface area (Å²) in [4.78, 5) is 0. The summed E-state index contributed by atoms with van der Waals surface area (Å²) >= 11 is 0. The van der Waals surface area contributed by atoms with Crippen molar-refractivity contribution in [2.75, 3.05) is 0 Å². The quantitative estimate of drug-likeness (QED) is 0.134. The summed E-state index contributed by atoms with van der Waals surface area (Å²) < 4.78 is 0. The smallest absolute Gasteiger partial charge is 0.00259 e. The molecule has 0 unspecified atom stereocenters. The Kier molecular flexibility index (Phi) is 7.26. The molecule has 0 radical (unpaired) electrons. The van der Waals surface area contributed by atoms with Gasteiger partial charge in [0.2, 0.25) is 0 Å². The van der Waals surface area contributed by atoms with Crippen LogP contribution in [0.1, 0.15) is 18.9 Å². The minimum atomic E-state index is 0.802. The van der Waals surface area contributed by atoms with Gasteiger partial charge in [-0.1, -0.05) is 152 Å². The van der Waals surface area contributed by atoms with Crippen molar-refractivity contribution in [3.63, 3.8) is 0 Å². The fourth-order valence-electron chi connectivity index (χ4n) is 6.44. The Bertz CT molecular complexity index is 2290. The molecule has 0 bridgehead atoms. The number of allylic oxidation sites excluding steroid dienone is 6. The van der Waals surface area contributed by atoms with Crippen molar-refractivity contribution >= 4 is 48.7 Å². The minimum Gasteiger partial charge on any atom is -0.0955 e. The van der Waals surface area contributed by atoms with Gasteiger partial charge >= 0.3 is 0 Å². The maximum atomic E-state index is 4.46. The Balaban J connectivity index is 1.50. The maximum Gasteiger partial charge on any atom is -0.00259 e. The standard InChI is InChI=1S/C44H34/c1-4-12-30(2)13-11-14-31(3)34-25-26-41-42(29-34)44(38-24-22-33-16-6-8-18-36(33)28-38)40-20-10-9-19-39(40)43(41)37-23-21-32-15-5-7-17-35(32)27-37/h4-12,14-29H,2-3,13H2,1H3/b12-4-,14-11-. The normalized spacial score (nSPS) is 11.8. The van der Waals surface area contributed by atoms with Gasteiger partial charge in [-0.25, -0.2) is 0 Å². The number of benzene rings is 7. The van der Waals surface area contributed by atoms with Gasteiger partial charge in [0.25, 0.3) is 0 Å². The fraction of sp³-hybridized carbons (Fsp3) is 0.0455. The summed E-state index contributed by atoms with van der Waals surface area (Å²) in [5, 5.41) is 9.96. The molecule has 0 amide bonds. The molecular weight excluding hydrogens is 528 g/mol. The molecule has 7 rings (SSSR count). The first-order chi connectivity index (χ1) is 21.6. The summed E-state index contributed by atoms with van der Waals surface area (Å²) in [6, 6.07) is 46.6. The second-order valence-electron chi connectivity index (χ2n) is 11.5. The van der Waals surface area contributed by atoms with Gasteiger partial charge in [-0.15, -0.1) is 0 Å². The van der Waals surface area contributed by atoms with Gasteiger partial charge in [0, 0.05) is 0 Å². The molecule has 44 heavy (non-hydrogen) atoms. The van der Waals surface area contributed by atoms with Crippen LogP contribution in [-0.4, -0.2) is 0 Å². The lowest BCUT2D eigenvalue weighted by Gasteiger charge is -2.19. The van der Waals surface area contributed by atoms with Gasteiger partial charge in [-0.2, -0.15) is 0 Å². The first kappa shape index (κ1) is 27.4. The van der Waals surface area contributed by atoms with Crippen LogP contribution in [0, 0.1) is 0 Å². The van der Waals surface area contributed by atoms with Crippen molar-refractivity contribution < 1.29 is 0 Å². The highest BCUT2D eigenvalue weighted by Crippen LogP contribution is 2.45. The van der Waals surface area contributed by atoms with Crippen LogP contribution in [0.15, 0.2) is 170 Å². The van der Waals surface area contributed by atoms with E-state index in [2.05, 4.69) is 159 Å². The lowest BCUT2D eigenvalue weighted by atomic mass is 9.84. The summed E-state index contributed by atoms with van der Waals surface area (Å²) in [6.07, 6.45) is 9.16. The third-order valence-electron chi connectivity index (χ3n) is 8.57. The van der Waals surface area contributed by atoms with Crippen LogP contribution in [-0.2, 0) is 0 Å². The van der Waals surface area contributed by atoms with Crippen LogP contribution >= 0.6 is 0 Å². The molecule has 0 aromatic heterocycles. The molecule has 0 N–H and O–H groups in total. The Labute approximate surface area is 259 Å². The Morgan fingerprint density at radius 2 is 1.05 bits per heavy atom. The van der Waals surface area contributed by atoms with Gasteiger partial charge in [0.05, 0.1) is 0 Å². The molecule has 0 saturated carbocycles. The molecule has 0 spiro atoms. The molecule has 0 heterocycles. The minimum absolute atomic E-state index is 0.802. The van der Waals surface area contributed by atoms with E-state index in [1.807, 2.05) is 13.0 Å². The van der Waals surface area contributed by atoms with Gasteiger partial charge in [0.15, 0.2) is 0 Å². The van der Waals surface area contributed by atoms with Crippen molar-refractivity contribution in [2.24, 2.45) is 0 Å². The number of hydrogen-bond donors (Lipinski definition) is 0. The first-order valence-corrected chi connectivity index (χ1v) is 15.2. The monoisotopic (exact) mass is 562 g/mol. The van der Waals surface area contributed by atoms with Gasteiger partial charge in [-0.3, -0.25) is 0 Å². The van der Waals surface area contributed by atoms with E-state index in [1.165, 1.54) is 65.3 Å². The van der Waals surface area contributed by atoms with E-state index < -0.39 is 0 Å². The second kappa shape index (κ2) is 11.7. The number of fused-ring (bicyclic) bond motifs is 4. The average molecular weight is 563 g/mol. The third-order valence-corrected chi connectivity index (χ3v) is 8.57. The first-order valence-electron chi connectivity index (χ1n) is 15.2. The number of hydrogen-bond acceptors (Lipinski definition) is 0.